The summed E-state index contributed by atoms with van der Waals surface area (Å²) in [5.74, 6) is 1.05. The lowest BCUT2D eigenvalue weighted by molar-refractivity contribution is -0.109. The van der Waals surface area contributed by atoms with Crippen molar-refractivity contribution in [1.82, 2.24) is 4.98 Å². The van der Waals surface area contributed by atoms with Crippen molar-refractivity contribution in [1.29, 1.82) is 0 Å². The summed E-state index contributed by atoms with van der Waals surface area (Å²) >= 11 is 1.24. The molecule has 1 aromatic rings. The van der Waals surface area contributed by atoms with Crippen molar-refractivity contribution in [3.63, 3.8) is 0 Å². The van der Waals surface area contributed by atoms with E-state index in [0.29, 0.717) is 11.6 Å². The third-order valence-electron chi connectivity index (χ3n) is 4.32. The maximum absolute atomic E-state index is 11.4. The van der Waals surface area contributed by atoms with Crippen LogP contribution in [0.25, 0.3) is 6.08 Å². The standard InChI is InChI=1S/C17H24BNO4S/c1-12(20)24-11-14(9-13-7-8-19-15(10-13)21-6)18-22-16(2,3)17(4,5)23-18/h7-10H,11H2,1-6H3. The quantitative estimate of drug-likeness (QED) is 0.760. The van der Waals surface area contributed by atoms with Gasteiger partial charge >= 0.3 is 7.12 Å². The van der Waals surface area contributed by atoms with E-state index in [4.69, 9.17) is 14.0 Å². The fourth-order valence-electron chi connectivity index (χ4n) is 2.20. The summed E-state index contributed by atoms with van der Waals surface area (Å²) in [4.78, 5) is 15.5. The van der Waals surface area contributed by atoms with E-state index < -0.39 is 18.3 Å². The minimum Gasteiger partial charge on any atom is -0.481 e. The molecule has 0 unspecified atom stereocenters. The molecule has 0 N–H and O–H groups in total. The maximum atomic E-state index is 11.4. The average molecular weight is 349 g/mol. The number of carbonyl (C=O) groups is 1. The molecule has 0 amide bonds. The van der Waals surface area contributed by atoms with Crippen molar-refractivity contribution in [2.75, 3.05) is 12.9 Å². The van der Waals surface area contributed by atoms with Gasteiger partial charge in [0.05, 0.1) is 18.3 Å². The molecule has 0 radical (unpaired) electrons. The smallest absolute Gasteiger partial charge is 0.481 e. The Bertz CT molecular complexity index is 629. The number of rotatable bonds is 5. The lowest BCUT2D eigenvalue weighted by atomic mass is 9.78. The van der Waals surface area contributed by atoms with Crippen molar-refractivity contribution in [2.24, 2.45) is 0 Å². The third-order valence-corrected chi connectivity index (χ3v) is 5.20. The van der Waals surface area contributed by atoms with Crippen LogP contribution < -0.4 is 4.74 Å². The lowest BCUT2D eigenvalue weighted by Gasteiger charge is -2.32. The zero-order chi connectivity index (χ0) is 18.0. The second-order valence-corrected chi connectivity index (χ2v) is 7.87. The number of carbonyl (C=O) groups excluding carboxylic acids is 1. The Balaban J connectivity index is 2.31. The van der Waals surface area contributed by atoms with Crippen molar-refractivity contribution >= 4 is 30.1 Å². The van der Waals surface area contributed by atoms with Gasteiger partial charge in [-0.05, 0) is 44.8 Å². The van der Waals surface area contributed by atoms with Crippen molar-refractivity contribution < 1.29 is 18.8 Å². The molecule has 1 fully saturated rings. The number of ether oxygens (including phenoxy) is 1. The first kappa shape index (κ1) is 19.0. The summed E-state index contributed by atoms with van der Waals surface area (Å²) in [5.41, 5.74) is 0.985. The van der Waals surface area contributed by atoms with Gasteiger partial charge in [-0.3, -0.25) is 4.79 Å². The Hall–Kier alpha value is -1.31. The zero-order valence-electron chi connectivity index (χ0n) is 15.1. The maximum Gasteiger partial charge on any atom is 0.491 e. The van der Waals surface area contributed by atoms with Crippen molar-refractivity contribution in [3.05, 3.63) is 29.4 Å². The van der Waals surface area contributed by atoms with Crippen LogP contribution in [0.15, 0.2) is 23.8 Å². The predicted molar refractivity (Wildman–Crippen MR) is 98.0 cm³/mol. The molecule has 0 aromatic carbocycles. The molecule has 2 heterocycles. The number of thioether (sulfide) groups is 1. The lowest BCUT2D eigenvalue weighted by Crippen LogP contribution is -2.41. The summed E-state index contributed by atoms with van der Waals surface area (Å²) < 4.78 is 17.4. The minimum atomic E-state index is -0.485. The van der Waals surface area contributed by atoms with Gasteiger partial charge in [0.15, 0.2) is 5.12 Å². The van der Waals surface area contributed by atoms with Gasteiger partial charge in [-0.15, -0.1) is 0 Å². The predicted octanol–water partition coefficient (Wildman–Crippen LogP) is 3.38. The Morgan fingerprint density at radius 3 is 2.50 bits per heavy atom. The highest BCUT2D eigenvalue weighted by atomic mass is 32.2. The second-order valence-electron chi connectivity index (χ2n) is 6.72. The number of nitrogens with zero attached hydrogens (tertiary/aromatic N) is 1. The molecule has 5 nitrogen and oxygen atoms in total. The summed E-state index contributed by atoms with van der Waals surface area (Å²) in [5, 5.41) is 0.0599. The molecule has 1 aliphatic heterocycles. The average Bonchev–Trinajstić information content (AvgIpc) is 2.71. The van der Waals surface area contributed by atoms with Crippen LogP contribution in [0.2, 0.25) is 0 Å². The molecule has 24 heavy (non-hydrogen) atoms. The first-order valence-electron chi connectivity index (χ1n) is 7.84. The molecule has 1 aromatic heterocycles. The van der Waals surface area contributed by atoms with Crippen LogP contribution >= 0.6 is 11.8 Å². The van der Waals surface area contributed by atoms with Gasteiger partial charge in [-0.25, -0.2) is 4.98 Å². The Kier molecular flexibility index (Phi) is 5.78. The van der Waals surface area contributed by atoms with Gasteiger partial charge in [-0.2, -0.15) is 0 Å². The van der Waals surface area contributed by atoms with Crippen molar-refractivity contribution in [3.8, 4) is 5.88 Å². The van der Waals surface area contributed by atoms with E-state index in [0.717, 1.165) is 11.0 Å². The number of hydrogen-bond acceptors (Lipinski definition) is 6. The van der Waals surface area contributed by atoms with E-state index in [1.54, 1.807) is 20.2 Å². The molecule has 2 rings (SSSR count). The summed E-state index contributed by atoms with van der Waals surface area (Å²) in [6, 6.07) is 3.72. The number of hydrogen-bond donors (Lipinski definition) is 0. The Labute approximate surface area is 148 Å². The molecule has 7 heteroatoms. The number of pyridine rings is 1. The van der Waals surface area contributed by atoms with Crippen LogP contribution in [0.4, 0.5) is 0 Å². The largest absolute Gasteiger partial charge is 0.491 e. The molecule has 0 saturated carbocycles. The number of methoxy groups -OCH3 is 1. The zero-order valence-corrected chi connectivity index (χ0v) is 15.9. The van der Waals surface area contributed by atoms with Crippen LogP contribution in [0.1, 0.15) is 40.2 Å². The highest BCUT2D eigenvalue weighted by Gasteiger charge is 2.52. The molecule has 0 aliphatic carbocycles. The summed E-state index contributed by atoms with van der Waals surface area (Å²) in [6.45, 7) is 9.61. The van der Waals surface area contributed by atoms with Gasteiger partial charge in [0, 0.05) is 24.9 Å². The van der Waals surface area contributed by atoms with E-state index >= 15 is 0 Å². The first-order chi connectivity index (χ1) is 11.1. The fraction of sp³-hybridized carbons (Fsp3) is 0.529. The fourth-order valence-corrected chi connectivity index (χ4v) is 2.79. The third kappa shape index (κ3) is 4.40. The van der Waals surface area contributed by atoms with Gasteiger partial charge in [0.25, 0.3) is 0 Å². The van der Waals surface area contributed by atoms with Crippen LogP contribution in [0, 0.1) is 0 Å². The van der Waals surface area contributed by atoms with E-state index in [2.05, 4.69) is 4.98 Å². The van der Waals surface area contributed by atoms with Gasteiger partial charge < -0.3 is 14.0 Å². The van der Waals surface area contributed by atoms with Gasteiger partial charge in [-0.1, -0.05) is 17.8 Å². The Morgan fingerprint density at radius 1 is 1.33 bits per heavy atom. The highest BCUT2D eigenvalue weighted by molar-refractivity contribution is 8.13. The molecule has 0 spiro atoms. The molecule has 1 saturated heterocycles. The van der Waals surface area contributed by atoms with E-state index in [-0.39, 0.29) is 5.12 Å². The first-order valence-corrected chi connectivity index (χ1v) is 8.83. The highest BCUT2D eigenvalue weighted by Crippen LogP contribution is 2.39. The van der Waals surface area contributed by atoms with Gasteiger partial charge in [0.2, 0.25) is 5.88 Å². The molecular formula is C17H24BNO4S. The molecular weight excluding hydrogens is 325 g/mol. The number of aromatic nitrogens is 1. The normalized spacial score (nSPS) is 19.4. The summed E-state index contributed by atoms with van der Waals surface area (Å²) in [6.07, 6.45) is 3.66. The molecule has 0 bridgehead atoms. The van der Waals surface area contributed by atoms with Crippen LogP contribution in [0.5, 0.6) is 5.88 Å². The van der Waals surface area contributed by atoms with Crippen LogP contribution in [0.3, 0.4) is 0 Å². The SMILES string of the molecule is COc1cc(C=C(CSC(C)=O)B2OC(C)(C)C(C)(C)O2)ccn1. The van der Waals surface area contributed by atoms with E-state index in [9.17, 15) is 4.79 Å². The second kappa shape index (κ2) is 7.29. The van der Waals surface area contributed by atoms with E-state index in [1.165, 1.54) is 11.8 Å². The monoisotopic (exact) mass is 349 g/mol. The minimum absolute atomic E-state index is 0.0599. The van der Waals surface area contributed by atoms with Crippen LogP contribution in [-0.2, 0) is 14.1 Å². The van der Waals surface area contributed by atoms with Crippen molar-refractivity contribution in [2.45, 2.75) is 45.8 Å². The van der Waals surface area contributed by atoms with E-state index in [1.807, 2.05) is 45.9 Å². The molecule has 0 atom stereocenters. The molecule has 1 aliphatic rings. The van der Waals surface area contributed by atoms with Gasteiger partial charge in [0.1, 0.15) is 0 Å². The summed E-state index contributed by atoms with van der Waals surface area (Å²) in [7, 11) is 1.09. The Morgan fingerprint density at radius 2 is 1.96 bits per heavy atom. The van der Waals surface area contributed by atoms with Crippen LogP contribution in [-0.4, -0.2) is 41.3 Å². The molecule has 130 valence electrons. The topological polar surface area (TPSA) is 57.7 Å².